The third-order valence-electron chi connectivity index (χ3n) is 1.01. The third kappa shape index (κ3) is 3.91. The lowest BCUT2D eigenvalue weighted by atomic mass is 10.2. The molecular formula is C8H9BrO2. The zero-order chi connectivity index (χ0) is 8.69. The van der Waals surface area contributed by atoms with E-state index in [9.17, 15) is 4.79 Å². The molecule has 3 heteroatoms. The van der Waals surface area contributed by atoms with E-state index in [2.05, 4.69) is 15.9 Å². The Hall–Kier alpha value is -0.670. The molecule has 1 aromatic rings. The average molecular weight is 217 g/mol. The van der Waals surface area contributed by atoms with Crippen molar-refractivity contribution in [3.05, 3.63) is 34.3 Å². The molecule has 0 saturated carbocycles. The van der Waals surface area contributed by atoms with E-state index in [0.29, 0.717) is 5.56 Å². The van der Waals surface area contributed by atoms with E-state index in [4.69, 9.17) is 5.11 Å². The zero-order valence-corrected chi connectivity index (χ0v) is 7.71. The zero-order valence-electron chi connectivity index (χ0n) is 6.12. The van der Waals surface area contributed by atoms with Crippen molar-refractivity contribution in [2.75, 3.05) is 7.11 Å². The van der Waals surface area contributed by atoms with Gasteiger partial charge in [0.25, 0.3) is 0 Å². The van der Waals surface area contributed by atoms with Crippen molar-refractivity contribution in [3.63, 3.8) is 0 Å². The highest BCUT2D eigenvalue weighted by Crippen LogP contribution is 2.08. The lowest BCUT2D eigenvalue weighted by molar-refractivity contribution is 0.112. The summed E-state index contributed by atoms with van der Waals surface area (Å²) in [4.78, 5) is 10.1. The standard InChI is InChI=1S/C7H5BrO.CH4O/c8-7-3-1-6(5-9)2-4-7;1-2/h1-5H;2H,1H3. The van der Waals surface area contributed by atoms with E-state index in [1.54, 1.807) is 12.1 Å². The minimum absolute atomic E-state index is 0.707. The first-order chi connectivity index (χ1) is 5.33. The first-order valence-corrected chi connectivity index (χ1v) is 3.77. The lowest BCUT2D eigenvalue weighted by Crippen LogP contribution is -1.75. The Kier molecular flexibility index (Phi) is 5.70. The summed E-state index contributed by atoms with van der Waals surface area (Å²) in [6, 6.07) is 7.20. The number of halogens is 1. The highest BCUT2D eigenvalue weighted by molar-refractivity contribution is 9.10. The average Bonchev–Trinajstić information content (AvgIpc) is 2.10. The Morgan fingerprint density at radius 2 is 1.73 bits per heavy atom. The van der Waals surface area contributed by atoms with Gasteiger partial charge < -0.3 is 5.11 Å². The molecule has 1 aromatic carbocycles. The Bertz CT molecular complexity index is 206. The molecule has 0 unspecified atom stereocenters. The molecular weight excluding hydrogens is 208 g/mol. The first-order valence-electron chi connectivity index (χ1n) is 2.98. The molecule has 2 nitrogen and oxygen atoms in total. The van der Waals surface area contributed by atoms with Crippen LogP contribution in [0.2, 0.25) is 0 Å². The number of hydrogen-bond donors (Lipinski definition) is 1. The highest BCUT2D eigenvalue weighted by atomic mass is 79.9. The summed E-state index contributed by atoms with van der Waals surface area (Å²) in [5.74, 6) is 0. The summed E-state index contributed by atoms with van der Waals surface area (Å²) in [6.07, 6.45) is 0.826. The Balaban J connectivity index is 0.000000461. The maximum atomic E-state index is 10.1. The molecule has 0 aliphatic heterocycles. The third-order valence-corrected chi connectivity index (χ3v) is 1.53. The summed E-state index contributed by atoms with van der Waals surface area (Å²) in [7, 11) is 1.00. The van der Waals surface area contributed by atoms with E-state index >= 15 is 0 Å². The van der Waals surface area contributed by atoms with Crippen LogP contribution in [-0.2, 0) is 0 Å². The molecule has 1 N–H and O–H groups in total. The van der Waals surface area contributed by atoms with Crippen LogP contribution in [0.5, 0.6) is 0 Å². The van der Waals surface area contributed by atoms with Crippen LogP contribution in [0.1, 0.15) is 10.4 Å². The van der Waals surface area contributed by atoms with Gasteiger partial charge in [0.15, 0.2) is 0 Å². The summed E-state index contributed by atoms with van der Waals surface area (Å²) in [5, 5.41) is 7.00. The number of carbonyl (C=O) groups excluding carboxylic acids is 1. The van der Waals surface area contributed by atoms with E-state index in [0.717, 1.165) is 17.9 Å². The van der Waals surface area contributed by atoms with E-state index in [1.807, 2.05) is 12.1 Å². The van der Waals surface area contributed by atoms with Crippen molar-refractivity contribution in [3.8, 4) is 0 Å². The van der Waals surface area contributed by atoms with Gasteiger partial charge in [-0.05, 0) is 12.1 Å². The van der Waals surface area contributed by atoms with E-state index in [1.165, 1.54) is 0 Å². The molecule has 1 rings (SSSR count). The van der Waals surface area contributed by atoms with Gasteiger partial charge in [-0.15, -0.1) is 0 Å². The molecule has 0 aliphatic rings. The maximum absolute atomic E-state index is 10.1. The molecule has 0 amide bonds. The van der Waals surface area contributed by atoms with Gasteiger partial charge in [0.05, 0.1) is 0 Å². The lowest BCUT2D eigenvalue weighted by Gasteiger charge is -1.87. The monoisotopic (exact) mass is 216 g/mol. The fraction of sp³-hybridized carbons (Fsp3) is 0.125. The molecule has 0 fully saturated rings. The van der Waals surface area contributed by atoms with Crippen molar-refractivity contribution < 1.29 is 9.90 Å². The van der Waals surface area contributed by atoms with Crippen molar-refractivity contribution >= 4 is 22.2 Å². The molecule has 0 bridgehead atoms. The number of aliphatic hydroxyl groups excluding tert-OH is 1. The summed E-state index contributed by atoms with van der Waals surface area (Å²) < 4.78 is 0.994. The minimum Gasteiger partial charge on any atom is -0.400 e. The number of carbonyl (C=O) groups is 1. The molecule has 0 aromatic heterocycles. The van der Waals surface area contributed by atoms with Crippen molar-refractivity contribution in [2.24, 2.45) is 0 Å². The second kappa shape index (κ2) is 6.07. The van der Waals surface area contributed by atoms with Crippen LogP contribution in [0.25, 0.3) is 0 Å². The minimum atomic E-state index is 0.707. The molecule has 0 atom stereocenters. The van der Waals surface area contributed by atoms with Crippen LogP contribution in [0, 0.1) is 0 Å². The van der Waals surface area contributed by atoms with Gasteiger partial charge >= 0.3 is 0 Å². The van der Waals surface area contributed by atoms with Gasteiger partial charge in [-0.25, -0.2) is 0 Å². The Morgan fingerprint density at radius 1 is 1.27 bits per heavy atom. The number of aldehydes is 1. The first kappa shape index (κ1) is 10.3. The van der Waals surface area contributed by atoms with Crippen molar-refractivity contribution in [2.45, 2.75) is 0 Å². The van der Waals surface area contributed by atoms with Crippen LogP contribution in [-0.4, -0.2) is 18.5 Å². The van der Waals surface area contributed by atoms with Crippen LogP contribution in [0.15, 0.2) is 28.7 Å². The van der Waals surface area contributed by atoms with Gasteiger partial charge in [0.2, 0.25) is 0 Å². The molecule has 11 heavy (non-hydrogen) atoms. The predicted octanol–water partition coefficient (Wildman–Crippen LogP) is 1.87. The fourth-order valence-electron chi connectivity index (χ4n) is 0.541. The smallest absolute Gasteiger partial charge is 0.150 e. The normalized spacial score (nSPS) is 7.91. The maximum Gasteiger partial charge on any atom is 0.150 e. The van der Waals surface area contributed by atoms with Crippen LogP contribution in [0.3, 0.4) is 0 Å². The Labute approximate surface area is 74.0 Å². The molecule has 0 heterocycles. The van der Waals surface area contributed by atoms with Gasteiger partial charge in [-0.3, -0.25) is 4.79 Å². The van der Waals surface area contributed by atoms with Gasteiger partial charge in [0, 0.05) is 17.1 Å². The molecule has 60 valence electrons. The SMILES string of the molecule is CO.O=Cc1ccc(Br)cc1. The second-order valence-corrected chi connectivity index (χ2v) is 2.59. The summed E-state index contributed by atoms with van der Waals surface area (Å²) >= 11 is 3.26. The summed E-state index contributed by atoms with van der Waals surface area (Å²) in [6.45, 7) is 0. The van der Waals surface area contributed by atoms with Gasteiger partial charge in [-0.2, -0.15) is 0 Å². The topological polar surface area (TPSA) is 37.3 Å². The van der Waals surface area contributed by atoms with Crippen LogP contribution in [0.4, 0.5) is 0 Å². The number of aliphatic hydroxyl groups is 1. The molecule has 0 spiro atoms. The number of rotatable bonds is 1. The Morgan fingerprint density at radius 3 is 2.09 bits per heavy atom. The molecule has 0 aliphatic carbocycles. The fourth-order valence-corrected chi connectivity index (χ4v) is 0.806. The molecule has 0 saturated heterocycles. The highest BCUT2D eigenvalue weighted by Gasteiger charge is 1.86. The van der Waals surface area contributed by atoms with E-state index < -0.39 is 0 Å². The van der Waals surface area contributed by atoms with Crippen molar-refractivity contribution in [1.29, 1.82) is 0 Å². The van der Waals surface area contributed by atoms with E-state index in [-0.39, 0.29) is 0 Å². The van der Waals surface area contributed by atoms with Crippen molar-refractivity contribution in [1.82, 2.24) is 0 Å². The molecule has 0 radical (unpaired) electrons. The second-order valence-electron chi connectivity index (χ2n) is 1.67. The van der Waals surface area contributed by atoms with Gasteiger partial charge in [0.1, 0.15) is 6.29 Å². The number of hydrogen-bond acceptors (Lipinski definition) is 2. The predicted molar refractivity (Wildman–Crippen MR) is 47.7 cm³/mol. The number of benzene rings is 1. The van der Waals surface area contributed by atoms with Crippen LogP contribution >= 0.6 is 15.9 Å². The van der Waals surface area contributed by atoms with Crippen LogP contribution < -0.4 is 0 Å². The summed E-state index contributed by atoms with van der Waals surface area (Å²) in [5.41, 5.74) is 0.707. The quantitative estimate of drug-likeness (QED) is 0.729. The van der Waals surface area contributed by atoms with Gasteiger partial charge in [-0.1, -0.05) is 28.1 Å². The largest absolute Gasteiger partial charge is 0.400 e.